The lowest BCUT2D eigenvalue weighted by molar-refractivity contribution is -0.356. The Labute approximate surface area is 94.0 Å². The number of H-pyrrole nitrogens is 2. The number of aromatic amines is 2. The number of benzene rings is 2. The van der Waals surface area contributed by atoms with Gasteiger partial charge in [0.1, 0.15) is 0 Å². The van der Waals surface area contributed by atoms with Crippen LogP contribution in [0.25, 0.3) is 11.0 Å². The molecule has 0 radical (unpaired) electrons. The highest BCUT2D eigenvalue weighted by Gasteiger charge is 2.08. The minimum atomic E-state index is 0.912. The van der Waals surface area contributed by atoms with Crippen LogP contribution in [0.3, 0.4) is 0 Å². The van der Waals surface area contributed by atoms with E-state index in [1.807, 2.05) is 18.2 Å². The minimum Gasteiger partial charge on any atom is -0.241 e. The Morgan fingerprint density at radius 2 is 1.62 bits per heavy atom. The predicted octanol–water partition coefficient (Wildman–Crippen LogP) is 2.57. The number of para-hydroxylation sites is 2. The molecule has 0 bridgehead atoms. The average Bonchev–Trinajstić information content (AvgIpc) is 2.72. The van der Waals surface area contributed by atoms with Crippen molar-refractivity contribution in [1.82, 2.24) is 4.98 Å². The molecule has 0 aliphatic carbocycles. The molecule has 2 aromatic carbocycles. The smallest absolute Gasteiger partial charge is 0.241 e. The van der Waals surface area contributed by atoms with E-state index in [1.165, 1.54) is 5.56 Å². The van der Waals surface area contributed by atoms with Gasteiger partial charge in [-0.05, 0) is 17.7 Å². The van der Waals surface area contributed by atoms with E-state index in [2.05, 4.69) is 46.4 Å². The molecule has 2 heteroatoms. The van der Waals surface area contributed by atoms with Crippen LogP contribution in [0.1, 0.15) is 11.4 Å². The van der Waals surface area contributed by atoms with Gasteiger partial charge in [-0.25, -0.2) is 9.97 Å². The fourth-order valence-electron chi connectivity index (χ4n) is 1.95. The maximum Gasteiger partial charge on any atom is 0.257 e. The van der Waals surface area contributed by atoms with Crippen molar-refractivity contribution in [3.8, 4) is 0 Å². The SMILES string of the molecule is c1ccc(Cc2[nH]c3ccccc3[nH+]2)cc1. The Hall–Kier alpha value is -2.09. The van der Waals surface area contributed by atoms with Crippen LogP contribution in [0.2, 0.25) is 0 Å². The first-order valence-corrected chi connectivity index (χ1v) is 5.45. The summed E-state index contributed by atoms with van der Waals surface area (Å²) in [5.74, 6) is 1.15. The van der Waals surface area contributed by atoms with Crippen molar-refractivity contribution in [2.24, 2.45) is 0 Å². The maximum atomic E-state index is 3.39. The molecule has 1 heterocycles. The summed E-state index contributed by atoms with van der Waals surface area (Å²) in [6, 6.07) is 18.7. The molecule has 78 valence electrons. The third-order valence-electron chi connectivity index (χ3n) is 2.72. The lowest BCUT2D eigenvalue weighted by Gasteiger charge is -1.92. The number of imidazole rings is 1. The van der Waals surface area contributed by atoms with Crippen molar-refractivity contribution in [2.75, 3.05) is 0 Å². The van der Waals surface area contributed by atoms with Crippen LogP contribution in [0.5, 0.6) is 0 Å². The minimum absolute atomic E-state index is 0.912. The van der Waals surface area contributed by atoms with Crippen LogP contribution in [-0.4, -0.2) is 4.98 Å². The molecule has 2 N–H and O–H groups in total. The lowest BCUT2D eigenvalue weighted by atomic mass is 10.1. The van der Waals surface area contributed by atoms with Crippen molar-refractivity contribution < 1.29 is 4.98 Å². The first-order chi connectivity index (χ1) is 7.92. The second-order valence-electron chi connectivity index (χ2n) is 3.94. The third kappa shape index (κ3) is 1.70. The van der Waals surface area contributed by atoms with E-state index in [4.69, 9.17) is 0 Å². The van der Waals surface area contributed by atoms with Gasteiger partial charge in [0.25, 0.3) is 5.82 Å². The second kappa shape index (κ2) is 3.81. The zero-order valence-electron chi connectivity index (χ0n) is 8.90. The molecule has 16 heavy (non-hydrogen) atoms. The van der Waals surface area contributed by atoms with E-state index in [1.54, 1.807) is 0 Å². The molecule has 0 amide bonds. The van der Waals surface area contributed by atoms with E-state index in [-0.39, 0.29) is 0 Å². The predicted molar refractivity (Wildman–Crippen MR) is 64.1 cm³/mol. The standard InChI is InChI=1S/C14H12N2/c1-2-6-11(7-3-1)10-14-15-12-8-4-5-9-13(12)16-14/h1-9H,10H2,(H,15,16)/p+1. The van der Waals surface area contributed by atoms with Crippen LogP contribution in [0.4, 0.5) is 0 Å². The molecule has 0 aliphatic heterocycles. The van der Waals surface area contributed by atoms with Crippen molar-refractivity contribution in [1.29, 1.82) is 0 Å². The fraction of sp³-hybridized carbons (Fsp3) is 0.0714. The van der Waals surface area contributed by atoms with Crippen molar-refractivity contribution in [3.63, 3.8) is 0 Å². The van der Waals surface area contributed by atoms with Gasteiger partial charge < -0.3 is 0 Å². The van der Waals surface area contributed by atoms with Gasteiger partial charge in [-0.15, -0.1) is 0 Å². The van der Waals surface area contributed by atoms with E-state index >= 15 is 0 Å². The maximum absolute atomic E-state index is 3.39. The summed E-state index contributed by atoms with van der Waals surface area (Å²) in [7, 11) is 0. The van der Waals surface area contributed by atoms with E-state index in [0.717, 1.165) is 23.3 Å². The monoisotopic (exact) mass is 209 g/mol. The molecule has 0 saturated carbocycles. The molecule has 3 aromatic rings. The molecule has 1 aromatic heterocycles. The van der Waals surface area contributed by atoms with E-state index in [0.29, 0.717) is 0 Å². The molecule has 3 rings (SSSR count). The highest BCUT2D eigenvalue weighted by atomic mass is 14.9. The zero-order valence-corrected chi connectivity index (χ0v) is 8.90. The summed E-state index contributed by atoms with van der Waals surface area (Å²) in [4.78, 5) is 6.78. The highest BCUT2D eigenvalue weighted by Crippen LogP contribution is 2.09. The Balaban J connectivity index is 1.95. The van der Waals surface area contributed by atoms with Crippen LogP contribution in [0, 0.1) is 0 Å². The molecule has 0 fully saturated rings. The molecule has 0 atom stereocenters. The Kier molecular flexibility index (Phi) is 2.18. The molecule has 0 aliphatic rings. The van der Waals surface area contributed by atoms with Crippen molar-refractivity contribution >= 4 is 11.0 Å². The van der Waals surface area contributed by atoms with Crippen LogP contribution in [-0.2, 0) is 6.42 Å². The molecule has 0 saturated heterocycles. The van der Waals surface area contributed by atoms with Gasteiger partial charge in [0, 0.05) is 0 Å². The molecular weight excluding hydrogens is 196 g/mol. The van der Waals surface area contributed by atoms with E-state index < -0.39 is 0 Å². The topological polar surface area (TPSA) is 29.9 Å². The second-order valence-corrected chi connectivity index (χ2v) is 3.94. The average molecular weight is 209 g/mol. The fourth-order valence-corrected chi connectivity index (χ4v) is 1.95. The summed E-state index contributed by atoms with van der Waals surface area (Å²) in [6.45, 7) is 0. The number of fused-ring (bicyclic) bond motifs is 1. The summed E-state index contributed by atoms with van der Waals surface area (Å²) >= 11 is 0. The number of nitrogens with one attached hydrogen (secondary N) is 2. The molecule has 2 nitrogen and oxygen atoms in total. The van der Waals surface area contributed by atoms with Gasteiger partial charge in [0.15, 0.2) is 11.0 Å². The van der Waals surface area contributed by atoms with Gasteiger partial charge >= 0.3 is 0 Å². The highest BCUT2D eigenvalue weighted by molar-refractivity contribution is 5.70. The zero-order chi connectivity index (χ0) is 10.8. The number of hydrogen-bond donors (Lipinski definition) is 1. The Morgan fingerprint density at radius 3 is 2.44 bits per heavy atom. The summed E-state index contributed by atoms with van der Waals surface area (Å²) < 4.78 is 0. The van der Waals surface area contributed by atoms with Gasteiger partial charge in [0.2, 0.25) is 0 Å². The van der Waals surface area contributed by atoms with Crippen molar-refractivity contribution in [3.05, 3.63) is 66.0 Å². The summed E-state index contributed by atoms with van der Waals surface area (Å²) in [5, 5.41) is 0. The van der Waals surface area contributed by atoms with Crippen LogP contribution < -0.4 is 4.98 Å². The summed E-state index contributed by atoms with van der Waals surface area (Å²) in [5.41, 5.74) is 3.63. The lowest BCUT2D eigenvalue weighted by Crippen LogP contribution is -2.07. The van der Waals surface area contributed by atoms with Gasteiger partial charge in [-0.2, -0.15) is 0 Å². The van der Waals surface area contributed by atoms with Gasteiger partial charge in [-0.1, -0.05) is 42.5 Å². The number of aromatic nitrogens is 2. The van der Waals surface area contributed by atoms with E-state index in [9.17, 15) is 0 Å². The van der Waals surface area contributed by atoms with Gasteiger partial charge in [-0.3, -0.25) is 0 Å². The normalized spacial score (nSPS) is 10.8. The first kappa shape index (κ1) is 9.16. The van der Waals surface area contributed by atoms with Crippen LogP contribution >= 0.6 is 0 Å². The molecule has 0 spiro atoms. The first-order valence-electron chi connectivity index (χ1n) is 5.45. The Morgan fingerprint density at radius 1 is 0.875 bits per heavy atom. The molecule has 0 unspecified atom stereocenters. The van der Waals surface area contributed by atoms with Crippen LogP contribution in [0.15, 0.2) is 54.6 Å². The Bertz CT molecular complexity index is 563. The quantitative estimate of drug-likeness (QED) is 0.672. The number of hydrogen-bond acceptors (Lipinski definition) is 0. The van der Waals surface area contributed by atoms with Crippen molar-refractivity contribution in [2.45, 2.75) is 6.42 Å². The summed E-state index contributed by atoms with van der Waals surface area (Å²) in [6.07, 6.45) is 0.912. The van der Waals surface area contributed by atoms with Gasteiger partial charge in [0.05, 0.1) is 6.42 Å². The third-order valence-corrected chi connectivity index (χ3v) is 2.72. The largest absolute Gasteiger partial charge is 0.257 e. The number of rotatable bonds is 2. The molecular formula is C14H13N2+.